The second kappa shape index (κ2) is 10.6. The van der Waals surface area contributed by atoms with Crippen LogP contribution in [0.15, 0.2) is 60.3 Å². The van der Waals surface area contributed by atoms with Gasteiger partial charge in [0.1, 0.15) is 0 Å². The van der Waals surface area contributed by atoms with Crippen molar-refractivity contribution in [1.29, 1.82) is 0 Å². The second-order valence-corrected chi connectivity index (χ2v) is 10.1. The van der Waals surface area contributed by atoms with Crippen LogP contribution in [0.4, 0.5) is 0 Å². The van der Waals surface area contributed by atoms with Crippen molar-refractivity contribution in [2.24, 2.45) is 0 Å². The molecule has 3 aromatic rings. The molecule has 0 radical (unpaired) electrons. The topological polar surface area (TPSA) is 59.8 Å². The Morgan fingerprint density at radius 3 is 2.50 bits per heavy atom. The van der Waals surface area contributed by atoms with Crippen LogP contribution >= 0.6 is 35.0 Å². The minimum absolute atomic E-state index is 0.0813. The summed E-state index contributed by atoms with van der Waals surface area (Å²) < 4.78 is 1.97. The van der Waals surface area contributed by atoms with Crippen molar-refractivity contribution in [3.05, 3.63) is 76.3 Å². The Balaban J connectivity index is 1.67. The van der Waals surface area contributed by atoms with Crippen LogP contribution in [-0.2, 0) is 23.3 Å². The van der Waals surface area contributed by atoms with Gasteiger partial charge in [0.25, 0.3) is 0 Å². The summed E-state index contributed by atoms with van der Waals surface area (Å²) in [4.78, 5) is 12.4. The number of nitrogens with one attached hydrogen (secondary N) is 1. The van der Waals surface area contributed by atoms with Gasteiger partial charge in [0, 0.05) is 28.7 Å². The molecule has 0 atom stereocenters. The monoisotopic (exact) mass is 488 g/mol. The zero-order valence-corrected chi connectivity index (χ0v) is 20.7. The standard InChI is InChI=1S/C24H26Cl2N4OS/c1-5-12-30-22(16-6-9-18(10-7-16)24(2,3)4)28-29-23(30)32-15-21(31)27-14-17-8-11-19(25)13-20(17)26/h5-11,13H,1,12,14-15H2,2-4H3,(H,27,31). The Hall–Kier alpha value is -2.28. The van der Waals surface area contributed by atoms with E-state index in [1.807, 2.05) is 4.57 Å². The second-order valence-electron chi connectivity index (χ2n) is 8.33. The molecule has 2 aromatic carbocycles. The predicted molar refractivity (Wildman–Crippen MR) is 133 cm³/mol. The molecule has 0 saturated heterocycles. The fraction of sp³-hybridized carbons (Fsp3) is 0.292. The fourth-order valence-electron chi connectivity index (χ4n) is 3.06. The molecule has 0 aliphatic carbocycles. The number of benzene rings is 2. The molecule has 1 heterocycles. The van der Waals surface area contributed by atoms with Gasteiger partial charge in [0.15, 0.2) is 11.0 Å². The van der Waals surface area contributed by atoms with E-state index < -0.39 is 0 Å². The molecule has 168 valence electrons. The zero-order valence-electron chi connectivity index (χ0n) is 18.4. The van der Waals surface area contributed by atoms with Gasteiger partial charge in [-0.25, -0.2) is 0 Å². The summed E-state index contributed by atoms with van der Waals surface area (Å²) >= 11 is 13.4. The average molecular weight is 489 g/mol. The average Bonchev–Trinajstić information content (AvgIpc) is 3.14. The highest BCUT2D eigenvalue weighted by molar-refractivity contribution is 7.99. The highest BCUT2D eigenvalue weighted by atomic mass is 35.5. The molecule has 0 saturated carbocycles. The Labute approximate surface area is 203 Å². The van der Waals surface area contributed by atoms with Crippen LogP contribution in [0, 0.1) is 0 Å². The molecular weight excluding hydrogens is 463 g/mol. The van der Waals surface area contributed by atoms with E-state index in [2.05, 4.69) is 67.1 Å². The van der Waals surface area contributed by atoms with Crippen molar-refractivity contribution in [2.45, 2.75) is 44.4 Å². The molecule has 0 spiro atoms. The first-order valence-corrected chi connectivity index (χ1v) is 11.9. The third kappa shape index (κ3) is 6.15. The lowest BCUT2D eigenvalue weighted by atomic mass is 9.87. The molecule has 0 fully saturated rings. The summed E-state index contributed by atoms with van der Waals surface area (Å²) in [6, 6.07) is 13.6. The first kappa shape index (κ1) is 24.4. The lowest BCUT2D eigenvalue weighted by molar-refractivity contribution is -0.118. The minimum atomic E-state index is -0.120. The summed E-state index contributed by atoms with van der Waals surface area (Å²) in [6.07, 6.45) is 1.79. The number of hydrogen-bond donors (Lipinski definition) is 1. The number of nitrogens with zero attached hydrogens (tertiary/aromatic N) is 3. The quantitative estimate of drug-likeness (QED) is 0.305. The molecule has 0 aliphatic rings. The van der Waals surface area contributed by atoms with Gasteiger partial charge in [-0.3, -0.25) is 9.36 Å². The Morgan fingerprint density at radius 1 is 1.16 bits per heavy atom. The van der Waals surface area contributed by atoms with E-state index in [1.54, 1.807) is 24.3 Å². The third-order valence-electron chi connectivity index (χ3n) is 4.86. The number of amides is 1. The van der Waals surface area contributed by atoms with Crippen molar-refractivity contribution in [3.8, 4) is 11.4 Å². The molecule has 0 aliphatic heterocycles. The first-order chi connectivity index (χ1) is 15.2. The molecule has 1 aromatic heterocycles. The summed E-state index contributed by atoms with van der Waals surface area (Å²) in [6.45, 7) is 11.3. The van der Waals surface area contributed by atoms with E-state index in [0.29, 0.717) is 28.3 Å². The molecule has 5 nitrogen and oxygen atoms in total. The Morgan fingerprint density at radius 2 is 1.88 bits per heavy atom. The predicted octanol–water partition coefficient (Wildman–Crippen LogP) is 6.14. The van der Waals surface area contributed by atoms with Crippen LogP contribution in [0.2, 0.25) is 10.0 Å². The van der Waals surface area contributed by atoms with E-state index in [-0.39, 0.29) is 17.1 Å². The number of aromatic nitrogens is 3. The van der Waals surface area contributed by atoms with E-state index in [4.69, 9.17) is 23.2 Å². The van der Waals surface area contributed by atoms with Crippen molar-refractivity contribution in [3.63, 3.8) is 0 Å². The fourth-order valence-corrected chi connectivity index (χ4v) is 4.31. The molecule has 0 unspecified atom stereocenters. The van der Waals surface area contributed by atoms with Gasteiger partial charge in [-0.1, -0.05) is 92.1 Å². The van der Waals surface area contributed by atoms with Gasteiger partial charge in [-0.2, -0.15) is 0 Å². The van der Waals surface area contributed by atoms with Gasteiger partial charge >= 0.3 is 0 Å². The van der Waals surface area contributed by atoms with Crippen molar-refractivity contribution in [2.75, 3.05) is 5.75 Å². The van der Waals surface area contributed by atoms with Crippen LogP contribution in [0.25, 0.3) is 11.4 Å². The van der Waals surface area contributed by atoms with E-state index >= 15 is 0 Å². The molecule has 3 rings (SSSR count). The minimum Gasteiger partial charge on any atom is -0.351 e. The van der Waals surface area contributed by atoms with Crippen molar-refractivity contribution >= 4 is 40.9 Å². The molecule has 1 amide bonds. The Bertz CT molecular complexity index is 1100. The number of thioether (sulfide) groups is 1. The smallest absolute Gasteiger partial charge is 0.230 e. The Kier molecular flexibility index (Phi) is 8.04. The highest BCUT2D eigenvalue weighted by Crippen LogP contribution is 2.28. The first-order valence-electron chi connectivity index (χ1n) is 10.2. The van der Waals surface area contributed by atoms with Crippen molar-refractivity contribution in [1.82, 2.24) is 20.1 Å². The van der Waals surface area contributed by atoms with Gasteiger partial charge < -0.3 is 5.32 Å². The summed E-state index contributed by atoms with van der Waals surface area (Å²) in [5.74, 6) is 0.843. The summed E-state index contributed by atoms with van der Waals surface area (Å²) in [5, 5.41) is 13.3. The van der Waals surface area contributed by atoms with Gasteiger partial charge in [0.05, 0.1) is 5.75 Å². The molecule has 8 heteroatoms. The van der Waals surface area contributed by atoms with E-state index in [1.165, 1.54) is 17.3 Å². The number of carbonyl (C=O) groups is 1. The third-order valence-corrected chi connectivity index (χ3v) is 6.41. The molecule has 1 N–H and O–H groups in total. The van der Waals surface area contributed by atoms with E-state index in [9.17, 15) is 4.79 Å². The van der Waals surface area contributed by atoms with Crippen LogP contribution in [0.1, 0.15) is 31.9 Å². The van der Waals surface area contributed by atoms with Gasteiger partial charge in [-0.05, 0) is 28.7 Å². The van der Waals surface area contributed by atoms with Crippen LogP contribution in [-0.4, -0.2) is 26.4 Å². The highest BCUT2D eigenvalue weighted by Gasteiger charge is 2.17. The maximum absolute atomic E-state index is 12.4. The van der Waals surface area contributed by atoms with Crippen LogP contribution in [0.5, 0.6) is 0 Å². The normalized spacial score (nSPS) is 11.4. The number of halogens is 2. The summed E-state index contributed by atoms with van der Waals surface area (Å²) in [5.41, 5.74) is 3.12. The molecular formula is C24H26Cl2N4OS. The molecule has 32 heavy (non-hydrogen) atoms. The molecule has 0 bridgehead atoms. The van der Waals surface area contributed by atoms with Crippen LogP contribution in [0.3, 0.4) is 0 Å². The lowest BCUT2D eigenvalue weighted by Crippen LogP contribution is -2.24. The SMILES string of the molecule is C=CCn1c(SCC(=O)NCc2ccc(Cl)cc2Cl)nnc1-c1ccc(C(C)(C)C)cc1. The van der Waals surface area contributed by atoms with Gasteiger partial charge in [-0.15, -0.1) is 16.8 Å². The largest absolute Gasteiger partial charge is 0.351 e. The zero-order chi connectivity index (χ0) is 23.3. The lowest BCUT2D eigenvalue weighted by Gasteiger charge is -2.19. The maximum Gasteiger partial charge on any atom is 0.230 e. The number of allylic oxidation sites excluding steroid dienone is 1. The van der Waals surface area contributed by atoms with Crippen LogP contribution < -0.4 is 5.32 Å². The summed E-state index contributed by atoms with van der Waals surface area (Å²) in [7, 11) is 0. The number of hydrogen-bond acceptors (Lipinski definition) is 4. The van der Waals surface area contributed by atoms with Crippen molar-refractivity contribution < 1.29 is 4.79 Å². The van der Waals surface area contributed by atoms with E-state index in [0.717, 1.165) is 17.0 Å². The van der Waals surface area contributed by atoms with Gasteiger partial charge in [0.2, 0.25) is 5.91 Å². The maximum atomic E-state index is 12.4. The number of carbonyl (C=O) groups excluding carboxylic acids is 1. The number of rotatable bonds is 8.